The summed E-state index contributed by atoms with van der Waals surface area (Å²) in [4.78, 5) is 4.79. The molecule has 0 atom stereocenters. The van der Waals surface area contributed by atoms with Crippen molar-refractivity contribution in [2.45, 2.75) is 6.92 Å². The molecule has 0 saturated carbocycles. The van der Waals surface area contributed by atoms with E-state index in [1.54, 1.807) is 0 Å². The van der Waals surface area contributed by atoms with Crippen LogP contribution in [0.2, 0.25) is 0 Å². The van der Waals surface area contributed by atoms with Gasteiger partial charge in [-0.1, -0.05) is 175 Å². The molecule has 0 aliphatic carbocycles. The second-order valence-corrected chi connectivity index (χ2v) is 17.8. The molecule has 0 saturated heterocycles. The highest BCUT2D eigenvalue weighted by Gasteiger charge is 2.22. The molecule has 0 N–H and O–H groups in total. The van der Waals surface area contributed by atoms with Crippen molar-refractivity contribution < 1.29 is 4.42 Å². The summed E-state index contributed by atoms with van der Waals surface area (Å²) in [7, 11) is 0. The second kappa shape index (κ2) is 16.2. The van der Waals surface area contributed by atoms with Crippen molar-refractivity contribution in [1.29, 1.82) is 0 Å². The first-order chi connectivity index (χ1) is 33.6. The number of anilines is 6. The Hall–Kier alpha value is -8.92. The Balaban J connectivity index is 0.944. The van der Waals surface area contributed by atoms with Crippen molar-refractivity contribution in [1.82, 2.24) is 0 Å². The molecule has 12 aromatic carbocycles. The molecule has 0 aliphatic rings. The number of nitrogens with zero attached hydrogens (tertiary/aromatic N) is 2. The molecule has 13 aromatic rings. The molecule has 1 heterocycles. The highest BCUT2D eigenvalue weighted by atomic mass is 16.3. The lowest BCUT2D eigenvalue weighted by molar-refractivity contribution is 0.669. The van der Waals surface area contributed by atoms with Crippen molar-refractivity contribution in [3.63, 3.8) is 0 Å². The van der Waals surface area contributed by atoms with Gasteiger partial charge in [0.1, 0.15) is 11.2 Å². The van der Waals surface area contributed by atoms with Crippen LogP contribution in [0.3, 0.4) is 0 Å². The van der Waals surface area contributed by atoms with Gasteiger partial charge in [0.2, 0.25) is 0 Å². The normalized spacial score (nSPS) is 11.6. The first-order valence-electron chi connectivity index (χ1n) is 23.3. The molecular formula is C65H44N2O. The molecule has 13 rings (SSSR count). The minimum Gasteiger partial charge on any atom is -0.456 e. The van der Waals surface area contributed by atoms with E-state index >= 15 is 0 Å². The fourth-order valence-corrected chi connectivity index (χ4v) is 10.4. The molecule has 3 nitrogen and oxygen atoms in total. The number of rotatable bonds is 9. The van der Waals surface area contributed by atoms with Crippen LogP contribution in [0.25, 0.3) is 87.6 Å². The minimum absolute atomic E-state index is 0.885. The van der Waals surface area contributed by atoms with Gasteiger partial charge >= 0.3 is 0 Å². The third-order valence-electron chi connectivity index (χ3n) is 13.7. The fraction of sp³-hybridized carbons (Fsp3) is 0.0154. The van der Waals surface area contributed by atoms with Gasteiger partial charge in [0, 0.05) is 44.5 Å². The van der Waals surface area contributed by atoms with Gasteiger partial charge in [-0.2, -0.15) is 0 Å². The Kier molecular flexibility index (Phi) is 9.40. The molecule has 68 heavy (non-hydrogen) atoms. The molecule has 0 aliphatic heterocycles. The largest absolute Gasteiger partial charge is 0.456 e. The van der Waals surface area contributed by atoms with Crippen LogP contribution in [0.4, 0.5) is 34.1 Å². The maximum absolute atomic E-state index is 6.27. The first-order valence-corrected chi connectivity index (χ1v) is 23.3. The van der Waals surface area contributed by atoms with Gasteiger partial charge in [-0.3, -0.25) is 0 Å². The topological polar surface area (TPSA) is 19.6 Å². The zero-order chi connectivity index (χ0) is 45.1. The van der Waals surface area contributed by atoms with Crippen LogP contribution < -0.4 is 9.80 Å². The van der Waals surface area contributed by atoms with E-state index < -0.39 is 0 Å². The van der Waals surface area contributed by atoms with E-state index in [0.717, 1.165) is 56.1 Å². The zero-order valence-corrected chi connectivity index (χ0v) is 37.5. The van der Waals surface area contributed by atoms with Crippen LogP contribution in [0.15, 0.2) is 253 Å². The Morgan fingerprint density at radius 3 is 1.56 bits per heavy atom. The Bertz CT molecular complexity index is 3950. The van der Waals surface area contributed by atoms with Crippen molar-refractivity contribution in [3.8, 4) is 33.4 Å². The Labute approximate surface area is 395 Å². The third kappa shape index (κ3) is 6.67. The molecule has 0 fully saturated rings. The quantitative estimate of drug-likeness (QED) is 0.135. The molecule has 0 radical (unpaired) electrons. The fourth-order valence-electron chi connectivity index (χ4n) is 10.4. The van der Waals surface area contributed by atoms with Gasteiger partial charge in [-0.05, 0) is 141 Å². The Morgan fingerprint density at radius 1 is 0.294 bits per heavy atom. The number of aryl methyl sites for hydroxylation is 1. The first kappa shape index (κ1) is 39.4. The lowest BCUT2D eigenvalue weighted by atomic mass is 9.89. The lowest BCUT2D eigenvalue weighted by Crippen LogP contribution is -2.11. The number of para-hydroxylation sites is 2. The summed E-state index contributed by atoms with van der Waals surface area (Å²) < 4.78 is 6.27. The van der Waals surface area contributed by atoms with Gasteiger partial charge < -0.3 is 14.2 Å². The van der Waals surface area contributed by atoms with Crippen molar-refractivity contribution in [2.75, 3.05) is 9.80 Å². The average Bonchev–Trinajstić information content (AvgIpc) is 3.78. The maximum Gasteiger partial charge on any atom is 0.135 e. The molecule has 0 amide bonds. The monoisotopic (exact) mass is 868 g/mol. The summed E-state index contributed by atoms with van der Waals surface area (Å²) in [5, 5.41) is 9.66. The van der Waals surface area contributed by atoms with Crippen molar-refractivity contribution in [3.05, 3.63) is 254 Å². The molecule has 1 aromatic heterocycles. The van der Waals surface area contributed by atoms with Crippen LogP contribution in [0.1, 0.15) is 5.56 Å². The molecule has 3 heteroatoms. The average molecular weight is 869 g/mol. The van der Waals surface area contributed by atoms with Gasteiger partial charge in [0.15, 0.2) is 0 Å². The van der Waals surface area contributed by atoms with Crippen LogP contribution in [-0.4, -0.2) is 0 Å². The van der Waals surface area contributed by atoms with E-state index in [4.69, 9.17) is 4.42 Å². The summed E-state index contributed by atoms with van der Waals surface area (Å²) in [5.74, 6) is 0. The summed E-state index contributed by atoms with van der Waals surface area (Å²) in [6, 6.07) is 90.2. The van der Waals surface area contributed by atoms with Crippen molar-refractivity contribution >= 4 is 88.4 Å². The van der Waals surface area contributed by atoms with Crippen LogP contribution >= 0.6 is 0 Å². The molecule has 0 bridgehead atoms. The van der Waals surface area contributed by atoms with E-state index in [-0.39, 0.29) is 0 Å². The van der Waals surface area contributed by atoms with E-state index in [0.29, 0.717) is 0 Å². The summed E-state index contributed by atoms with van der Waals surface area (Å²) in [5.41, 5.74) is 16.7. The number of furan rings is 1. The number of hydrogen-bond donors (Lipinski definition) is 0. The minimum atomic E-state index is 0.885. The lowest BCUT2D eigenvalue weighted by Gasteiger charge is -2.29. The van der Waals surface area contributed by atoms with Gasteiger partial charge in [-0.15, -0.1) is 0 Å². The molecule has 0 spiro atoms. The van der Waals surface area contributed by atoms with E-state index in [9.17, 15) is 0 Å². The zero-order valence-electron chi connectivity index (χ0n) is 37.5. The van der Waals surface area contributed by atoms with Gasteiger partial charge in [0.25, 0.3) is 0 Å². The van der Waals surface area contributed by atoms with Crippen LogP contribution in [-0.2, 0) is 0 Å². The molecule has 320 valence electrons. The Morgan fingerprint density at radius 2 is 0.809 bits per heavy atom. The SMILES string of the molecule is Cc1ccc(N(c2ccc(-c3ccc4ccc5c(N(c6ccccc6)c6ccc7oc8ccccc8c7c6)ccc6ccc3c4c65)cc2)c2ccc(-c3ccccc3)cc2-c2ccccc2)cc1. The second-order valence-electron chi connectivity index (χ2n) is 17.8. The summed E-state index contributed by atoms with van der Waals surface area (Å²) in [6.45, 7) is 2.15. The van der Waals surface area contributed by atoms with Crippen LogP contribution in [0.5, 0.6) is 0 Å². The summed E-state index contributed by atoms with van der Waals surface area (Å²) in [6.07, 6.45) is 0. The number of benzene rings is 12. The molecule has 0 unspecified atom stereocenters. The van der Waals surface area contributed by atoms with E-state index in [1.807, 2.05) is 12.1 Å². The van der Waals surface area contributed by atoms with Gasteiger partial charge in [0.05, 0.1) is 11.4 Å². The highest BCUT2D eigenvalue weighted by Crippen LogP contribution is 2.48. The third-order valence-corrected chi connectivity index (χ3v) is 13.7. The standard InChI is InChI=1S/C65H44N2O/c1-43-21-30-51(31-22-43)66(61-39-29-49(44-13-5-2-6-14-44)41-58(61)45-15-7-3-8-16-45)52-32-23-46(24-33-52)54-35-25-47-27-37-57-60(38-28-48-26-36-56(54)64(47)65(48)57)67(50-17-9-4-10-18-50)53-34-40-63-59(42-53)55-19-11-12-20-62(55)68-63/h2-42H,1H3. The smallest absolute Gasteiger partial charge is 0.135 e. The summed E-state index contributed by atoms with van der Waals surface area (Å²) >= 11 is 0. The van der Waals surface area contributed by atoms with Crippen LogP contribution in [0, 0.1) is 6.92 Å². The predicted octanol–water partition coefficient (Wildman–Crippen LogP) is 18.7. The van der Waals surface area contributed by atoms with Gasteiger partial charge in [-0.25, -0.2) is 0 Å². The predicted molar refractivity (Wildman–Crippen MR) is 288 cm³/mol. The number of hydrogen-bond acceptors (Lipinski definition) is 3. The molecular weight excluding hydrogens is 825 g/mol. The maximum atomic E-state index is 6.27. The number of fused-ring (bicyclic) bond motifs is 3. The van der Waals surface area contributed by atoms with E-state index in [2.05, 4.69) is 253 Å². The van der Waals surface area contributed by atoms with Crippen molar-refractivity contribution in [2.24, 2.45) is 0 Å². The highest BCUT2D eigenvalue weighted by molar-refractivity contribution is 6.28. The van der Waals surface area contributed by atoms with E-state index in [1.165, 1.54) is 71.3 Å².